The molecule has 9 nitrogen and oxygen atoms in total. The molecule has 0 unspecified atom stereocenters. The maximum Gasteiger partial charge on any atom is 0.330 e. The fourth-order valence-electron chi connectivity index (χ4n) is 5.68. The van der Waals surface area contributed by atoms with Crippen LogP contribution in [0.2, 0.25) is 0 Å². The SMILES string of the molecule is CC(=O)C1=C(C)NC(=O)N(C(=O)NCCCN2CCC(c3cccc(NC(=O)C(C)C)c3)CC2)[C@H]1c1cc(F)c(F)c(F)c1. The predicted molar refractivity (Wildman–Crippen MR) is 159 cm³/mol. The Morgan fingerprint density at radius 2 is 1.68 bits per heavy atom. The monoisotopic (exact) mass is 613 g/mol. The van der Waals surface area contributed by atoms with Gasteiger partial charge in [-0.1, -0.05) is 26.0 Å². The molecule has 0 saturated carbocycles. The summed E-state index contributed by atoms with van der Waals surface area (Å²) in [5.74, 6) is -4.97. The van der Waals surface area contributed by atoms with Crippen LogP contribution >= 0.6 is 0 Å². The predicted octanol–water partition coefficient (Wildman–Crippen LogP) is 5.61. The second kappa shape index (κ2) is 14.1. The lowest BCUT2D eigenvalue weighted by Gasteiger charge is -2.36. The third kappa shape index (κ3) is 7.47. The zero-order chi connectivity index (χ0) is 32.1. The number of imide groups is 1. The first kappa shape index (κ1) is 32.7. The van der Waals surface area contributed by atoms with Gasteiger partial charge in [0.1, 0.15) is 0 Å². The van der Waals surface area contributed by atoms with Crippen molar-refractivity contribution in [2.45, 2.75) is 58.9 Å². The van der Waals surface area contributed by atoms with Gasteiger partial charge in [0, 0.05) is 29.4 Å². The number of likely N-dealkylation sites (tertiary alicyclic amines) is 1. The van der Waals surface area contributed by atoms with Crippen molar-refractivity contribution in [2.24, 2.45) is 5.92 Å². The summed E-state index contributed by atoms with van der Waals surface area (Å²) in [5.41, 5.74) is 1.83. The molecule has 44 heavy (non-hydrogen) atoms. The molecule has 5 amide bonds. The Labute approximate surface area is 254 Å². The molecular formula is C32H38F3N5O4. The second-order valence-electron chi connectivity index (χ2n) is 11.6. The number of benzene rings is 2. The van der Waals surface area contributed by atoms with Crippen LogP contribution in [0.25, 0.3) is 0 Å². The van der Waals surface area contributed by atoms with E-state index in [1.54, 1.807) is 0 Å². The minimum atomic E-state index is -1.69. The largest absolute Gasteiger partial charge is 0.337 e. The summed E-state index contributed by atoms with van der Waals surface area (Å²) in [5, 5.41) is 8.07. The highest BCUT2D eigenvalue weighted by molar-refractivity contribution is 6.03. The number of piperidine rings is 1. The van der Waals surface area contributed by atoms with Crippen molar-refractivity contribution in [3.05, 3.63) is 76.2 Å². The summed E-state index contributed by atoms with van der Waals surface area (Å²) in [6.45, 7) is 8.95. The van der Waals surface area contributed by atoms with Gasteiger partial charge in [0.2, 0.25) is 5.91 Å². The van der Waals surface area contributed by atoms with Gasteiger partial charge in [0.25, 0.3) is 0 Å². The Bertz CT molecular complexity index is 1450. The van der Waals surface area contributed by atoms with E-state index in [-0.39, 0.29) is 35.2 Å². The van der Waals surface area contributed by atoms with Gasteiger partial charge >= 0.3 is 12.1 Å². The molecule has 2 aliphatic heterocycles. The standard InChI is InChI=1S/C32H38F3N5O4/c1-18(2)30(42)38-24-8-5-7-22(15-24)21-9-13-39(14-10-21)12-6-11-36-31(43)40-29(23-16-25(33)28(35)26(34)17-23)27(20(4)41)19(3)37-32(40)44/h5,7-8,15-18,21,29H,6,9-14H2,1-4H3,(H,36,43)(H,37,44)(H,38,42)/t29-/m0/s1. The van der Waals surface area contributed by atoms with Crippen LogP contribution in [0.1, 0.15) is 70.0 Å². The average Bonchev–Trinajstić information content (AvgIpc) is 2.97. The maximum absolute atomic E-state index is 14.1. The number of carbonyl (C=O) groups excluding carboxylic acids is 4. The van der Waals surface area contributed by atoms with Crippen LogP contribution in [0.5, 0.6) is 0 Å². The molecule has 1 fully saturated rings. The van der Waals surface area contributed by atoms with Crippen LogP contribution < -0.4 is 16.0 Å². The van der Waals surface area contributed by atoms with Crippen molar-refractivity contribution >= 4 is 29.4 Å². The van der Waals surface area contributed by atoms with Crippen LogP contribution in [0.4, 0.5) is 28.4 Å². The summed E-state index contributed by atoms with van der Waals surface area (Å²) >= 11 is 0. The fourth-order valence-corrected chi connectivity index (χ4v) is 5.68. The topological polar surface area (TPSA) is 111 Å². The Morgan fingerprint density at radius 1 is 1.02 bits per heavy atom. The number of Topliss-reactive ketones (excluding diaryl/α,β-unsaturated/α-hetero) is 1. The average molecular weight is 614 g/mol. The number of anilines is 1. The van der Waals surface area contributed by atoms with Gasteiger partial charge in [-0.05, 0) is 94.1 Å². The molecule has 0 aromatic heterocycles. The second-order valence-corrected chi connectivity index (χ2v) is 11.6. The summed E-state index contributed by atoms with van der Waals surface area (Å²) in [7, 11) is 0. The minimum Gasteiger partial charge on any atom is -0.337 e. The van der Waals surface area contributed by atoms with Crippen LogP contribution in [-0.4, -0.2) is 59.7 Å². The van der Waals surface area contributed by atoms with Crippen LogP contribution in [0.15, 0.2) is 47.7 Å². The van der Waals surface area contributed by atoms with Crippen molar-refractivity contribution in [1.29, 1.82) is 0 Å². The Morgan fingerprint density at radius 3 is 2.30 bits per heavy atom. The molecule has 2 aromatic rings. The first-order chi connectivity index (χ1) is 20.9. The van der Waals surface area contributed by atoms with Crippen molar-refractivity contribution in [3.63, 3.8) is 0 Å². The molecule has 3 N–H and O–H groups in total. The molecule has 4 rings (SSSR count). The molecule has 2 aliphatic rings. The number of hydrogen-bond donors (Lipinski definition) is 3. The Kier molecular flexibility index (Phi) is 10.5. The number of nitrogens with one attached hydrogen (secondary N) is 3. The summed E-state index contributed by atoms with van der Waals surface area (Å²) in [6.07, 6.45) is 2.45. The Balaban J connectivity index is 1.33. The number of allylic oxidation sites excluding steroid dienone is 1. The lowest BCUT2D eigenvalue weighted by Crippen LogP contribution is -2.54. The van der Waals surface area contributed by atoms with Crippen molar-refractivity contribution in [2.75, 3.05) is 31.5 Å². The minimum absolute atomic E-state index is 0.0235. The van der Waals surface area contributed by atoms with E-state index in [9.17, 15) is 32.3 Å². The summed E-state index contributed by atoms with van der Waals surface area (Å²) < 4.78 is 41.9. The number of ketones is 1. The van der Waals surface area contributed by atoms with E-state index < -0.39 is 41.3 Å². The number of amides is 5. The molecule has 0 aliphatic carbocycles. The molecule has 12 heteroatoms. The molecule has 236 valence electrons. The quantitative estimate of drug-likeness (QED) is 0.252. The highest BCUT2D eigenvalue weighted by Gasteiger charge is 2.41. The number of carbonyl (C=O) groups is 4. The van der Waals surface area contributed by atoms with Crippen LogP contribution in [-0.2, 0) is 9.59 Å². The van der Waals surface area contributed by atoms with Gasteiger partial charge in [-0.3, -0.25) is 9.59 Å². The molecule has 0 spiro atoms. The lowest BCUT2D eigenvalue weighted by molar-refractivity contribution is -0.119. The van der Waals surface area contributed by atoms with Gasteiger partial charge < -0.3 is 20.9 Å². The normalized spacial score (nSPS) is 18.0. The third-order valence-corrected chi connectivity index (χ3v) is 8.03. The highest BCUT2D eigenvalue weighted by atomic mass is 19.2. The maximum atomic E-state index is 14.1. The summed E-state index contributed by atoms with van der Waals surface area (Å²) in [4.78, 5) is 53.6. The Hall–Kier alpha value is -4.19. The van der Waals surface area contributed by atoms with E-state index >= 15 is 0 Å². The van der Waals surface area contributed by atoms with E-state index in [1.165, 1.54) is 19.4 Å². The van der Waals surface area contributed by atoms with E-state index in [4.69, 9.17) is 0 Å². The number of urea groups is 2. The van der Waals surface area contributed by atoms with E-state index in [0.29, 0.717) is 35.9 Å². The molecule has 0 radical (unpaired) electrons. The number of halogens is 3. The van der Waals surface area contributed by atoms with Crippen molar-refractivity contribution < 1.29 is 32.3 Å². The number of rotatable bonds is 9. The van der Waals surface area contributed by atoms with Crippen LogP contribution in [0.3, 0.4) is 0 Å². The lowest BCUT2D eigenvalue weighted by atomic mass is 9.89. The van der Waals surface area contributed by atoms with Gasteiger partial charge in [-0.15, -0.1) is 0 Å². The van der Waals surface area contributed by atoms with Gasteiger partial charge in [0.15, 0.2) is 23.2 Å². The molecule has 1 atom stereocenters. The zero-order valence-electron chi connectivity index (χ0n) is 25.3. The van der Waals surface area contributed by atoms with E-state index in [0.717, 1.165) is 31.6 Å². The molecule has 2 heterocycles. The first-order valence-electron chi connectivity index (χ1n) is 14.7. The summed E-state index contributed by atoms with van der Waals surface area (Å²) in [6, 6.07) is 6.13. The molecule has 2 aromatic carbocycles. The van der Waals surface area contributed by atoms with Crippen molar-refractivity contribution in [1.82, 2.24) is 20.4 Å². The fraction of sp³-hybridized carbons (Fsp3) is 0.438. The van der Waals surface area contributed by atoms with Crippen LogP contribution in [0, 0.1) is 23.4 Å². The van der Waals surface area contributed by atoms with Gasteiger partial charge in [-0.25, -0.2) is 27.7 Å². The number of nitrogens with zero attached hydrogens (tertiary/aromatic N) is 2. The molecular weight excluding hydrogens is 575 g/mol. The number of hydrogen-bond acceptors (Lipinski definition) is 5. The smallest absolute Gasteiger partial charge is 0.330 e. The van der Waals surface area contributed by atoms with E-state index in [2.05, 4.69) is 26.9 Å². The molecule has 1 saturated heterocycles. The van der Waals surface area contributed by atoms with E-state index in [1.807, 2.05) is 32.0 Å². The third-order valence-electron chi connectivity index (χ3n) is 8.03. The van der Waals surface area contributed by atoms with Crippen molar-refractivity contribution in [3.8, 4) is 0 Å². The van der Waals surface area contributed by atoms with Gasteiger partial charge in [0.05, 0.1) is 6.04 Å². The zero-order valence-corrected chi connectivity index (χ0v) is 25.3. The first-order valence-corrected chi connectivity index (χ1v) is 14.7. The van der Waals surface area contributed by atoms with Gasteiger partial charge in [-0.2, -0.15) is 0 Å². The highest BCUT2D eigenvalue weighted by Crippen LogP contribution is 2.35. The molecule has 0 bridgehead atoms.